The Hall–Kier alpha value is -1.25. The van der Waals surface area contributed by atoms with Crippen LogP contribution < -0.4 is 0 Å². The third kappa shape index (κ3) is 2.87. The molecule has 1 unspecified atom stereocenters. The number of rotatable bonds is 4. The molecule has 0 aliphatic heterocycles. The largest absolute Gasteiger partial charge is 0.472 e. The van der Waals surface area contributed by atoms with Gasteiger partial charge >= 0.3 is 0 Å². The average Bonchev–Trinajstić information content (AvgIpc) is 2.74. The Labute approximate surface area is 99.5 Å². The van der Waals surface area contributed by atoms with Crippen LogP contribution in [0.3, 0.4) is 0 Å². The van der Waals surface area contributed by atoms with E-state index in [2.05, 4.69) is 0 Å². The van der Waals surface area contributed by atoms with Gasteiger partial charge in [-0.2, -0.15) is 0 Å². The predicted molar refractivity (Wildman–Crippen MR) is 63.6 cm³/mol. The molecule has 0 aliphatic carbocycles. The second-order valence-electron chi connectivity index (χ2n) is 3.79. The quantitative estimate of drug-likeness (QED) is 0.885. The minimum Gasteiger partial charge on any atom is -0.472 e. The van der Waals surface area contributed by atoms with Gasteiger partial charge in [0, 0.05) is 17.9 Å². The number of hydrogen-bond donors (Lipinski definition) is 1. The van der Waals surface area contributed by atoms with Crippen LogP contribution in [-0.4, -0.2) is 11.2 Å². The Kier molecular flexibility index (Phi) is 3.65. The molecule has 2 rings (SSSR count). The number of aliphatic hydroxyl groups excluding tert-OH is 1. The van der Waals surface area contributed by atoms with Gasteiger partial charge in [0.15, 0.2) is 0 Å². The lowest BCUT2D eigenvalue weighted by Gasteiger charge is -2.10. The third-order valence-corrected chi connectivity index (χ3v) is 2.83. The monoisotopic (exact) mass is 236 g/mol. The maximum atomic E-state index is 9.90. The topological polar surface area (TPSA) is 33.4 Å². The first kappa shape index (κ1) is 11.2. The summed E-state index contributed by atoms with van der Waals surface area (Å²) >= 11 is 6.02. The van der Waals surface area contributed by atoms with E-state index < -0.39 is 6.10 Å². The second kappa shape index (κ2) is 5.19. The third-order valence-electron chi connectivity index (χ3n) is 2.46. The Morgan fingerprint density at radius 1 is 1.19 bits per heavy atom. The van der Waals surface area contributed by atoms with Gasteiger partial charge in [-0.15, -0.1) is 0 Å². The van der Waals surface area contributed by atoms with E-state index in [0.29, 0.717) is 17.9 Å². The van der Waals surface area contributed by atoms with Gasteiger partial charge in [-0.05, 0) is 23.3 Å². The molecule has 0 spiro atoms. The van der Waals surface area contributed by atoms with Crippen molar-refractivity contribution in [3.8, 4) is 0 Å². The van der Waals surface area contributed by atoms with Gasteiger partial charge in [0.25, 0.3) is 0 Å². The summed E-state index contributed by atoms with van der Waals surface area (Å²) in [5.74, 6) is 0. The first-order valence-electron chi connectivity index (χ1n) is 5.18. The molecule has 16 heavy (non-hydrogen) atoms. The molecule has 0 fully saturated rings. The zero-order valence-corrected chi connectivity index (χ0v) is 9.52. The molecule has 2 nitrogen and oxygen atoms in total. The van der Waals surface area contributed by atoms with Gasteiger partial charge < -0.3 is 9.52 Å². The van der Waals surface area contributed by atoms with Crippen molar-refractivity contribution in [2.45, 2.75) is 18.9 Å². The standard InChI is InChI=1S/C13H13ClO2/c14-13-4-2-1-3-11(13)8-12(15)7-10-5-6-16-9-10/h1-6,9,12,15H,7-8H2. The van der Waals surface area contributed by atoms with Crippen molar-refractivity contribution in [2.24, 2.45) is 0 Å². The normalized spacial score (nSPS) is 12.6. The van der Waals surface area contributed by atoms with Crippen LogP contribution in [0.25, 0.3) is 0 Å². The molecule has 0 saturated heterocycles. The lowest BCUT2D eigenvalue weighted by Crippen LogP contribution is -2.13. The Morgan fingerprint density at radius 3 is 2.69 bits per heavy atom. The molecule has 0 aliphatic rings. The maximum Gasteiger partial charge on any atom is 0.0935 e. The molecule has 0 saturated carbocycles. The highest BCUT2D eigenvalue weighted by Crippen LogP contribution is 2.18. The van der Waals surface area contributed by atoms with Crippen molar-refractivity contribution in [1.29, 1.82) is 0 Å². The van der Waals surface area contributed by atoms with Crippen LogP contribution in [0.1, 0.15) is 11.1 Å². The maximum absolute atomic E-state index is 9.90. The van der Waals surface area contributed by atoms with Gasteiger partial charge in [-0.25, -0.2) is 0 Å². The van der Waals surface area contributed by atoms with E-state index in [1.807, 2.05) is 30.3 Å². The zero-order valence-electron chi connectivity index (χ0n) is 8.77. The summed E-state index contributed by atoms with van der Waals surface area (Å²) in [5.41, 5.74) is 1.97. The summed E-state index contributed by atoms with van der Waals surface area (Å²) in [6, 6.07) is 9.43. The van der Waals surface area contributed by atoms with Crippen molar-refractivity contribution < 1.29 is 9.52 Å². The number of halogens is 1. The fourth-order valence-electron chi connectivity index (χ4n) is 1.67. The molecule has 3 heteroatoms. The Bertz CT molecular complexity index is 437. The van der Waals surface area contributed by atoms with Crippen molar-refractivity contribution in [2.75, 3.05) is 0 Å². The van der Waals surface area contributed by atoms with Crippen LogP contribution >= 0.6 is 11.6 Å². The molecule has 1 atom stereocenters. The van der Waals surface area contributed by atoms with Crippen LogP contribution in [0.5, 0.6) is 0 Å². The highest BCUT2D eigenvalue weighted by atomic mass is 35.5. The molecule has 1 aromatic carbocycles. The number of aliphatic hydroxyl groups is 1. The average molecular weight is 237 g/mol. The fraction of sp³-hybridized carbons (Fsp3) is 0.231. The molecule has 0 radical (unpaired) electrons. The van der Waals surface area contributed by atoms with E-state index in [0.717, 1.165) is 11.1 Å². The van der Waals surface area contributed by atoms with Crippen molar-refractivity contribution >= 4 is 11.6 Å². The lowest BCUT2D eigenvalue weighted by atomic mass is 10.0. The summed E-state index contributed by atoms with van der Waals surface area (Å²) in [6.07, 6.45) is 3.97. The highest BCUT2D eigenvalue weighted by molar-refractivity contribution is 6.31. The Morgan fingerprint density at radius 2 is 2.00 bits per heavy atom. The minimum absolute atomic E-state index is 0.433. The van der Waals surface area contributed by atoms with Crippen molar-refractivity contribution in [1.82, 2.24) is 0 Å². The van der Waals surface area contributed by atoms with Crippen LogP contribution in [0.2, 0.25) is 5.02 Å². The summed E-state index contributed by atoms with van der Waals surface area (Å²) in [5, 5.41) is 10.6. The number of benzene rings is 1. The van der Waals surface area contributed by atoms with Crippen LogP contribution in [0, 0.1) is 0 Å². The van der Waals surface area contributed by atoms with E-state index in [9.17, 15) is 5.11 Å². The zero-order chi connectivity index (χ0) is 11.4. The summed E-state index contributed by atoms with van der Waals surface area (Å²) in [4.78, 5) is 0. The fourth-order valence-corrected chi connectivity index (χ4v) is 1.88. The Balaban J connectivity index is 1.97. The van der Waals surface area contributed by atoms with Crippen LogP contribution in [0.4, 0.5) is 0 Å². The number of furan rings is 1. The molecular weight excluding hydrogens is 224 g/mol. The van der Waals surface area contributed by atoms with E-state index in [1.54, 1.807) is 12.5 Å². The van der Waals surface area contributed by atoms with Gasteiger partial charge in [0.05, 0.1) is 18.6 Å². The minimum atomic E-state index is -0.433. The van der Waals surface area contributed by atoms with Crippen molar-refractivity contribution in [3.63, 3.8) is 0 Å². The molecule has 1 N–H and O–H groups in total. The van der Waals surface area contributed by atoms with E-state index >= 15 is 0 Å². The second-order valence-corrected chi connectivity index (χ2v) is 4.19. The SMILES string of the molecule is OC(Cc1ccoc1)Cc1ccccc1Cl. The summed E-state index contributed by atoms with van der Waals surface area (Å²) < 4.78 is 4.95. The molecular formula is C13H13ClO2. The van der Waals surface area contributed by atoms with E-state index in [4.69, 9.17) is 16.0 Å². The van der Waals surface area contributed by atoms with Gasteiger partial charge in [-0.3, -0.25) is 0 Å². The van der Waals surface area contributed by atoms with Crippen molar-refractivity contribution in [3.05, 3.63) is 59.0 Å². The molecule has 1 aromatic heterocycles. The van der Waals surface area contributed by atoms with Crippen LogP contribution in [0.15, 0.2) is 47.3 Å². The molecule has 0 bridgehead atoms. The smallest absolute Gasteiger partial charge is 0.0935 e. The van der Waals surface area contributed by atoms with E-state index in [-0.39, 0.29) is 0 Å². The molecule has 2 aromatic rings. The first-order chi connectivity index (χ1) is 7.75. The number of hydrogen-bond acceptors (Lipinski definition) is 2. The summed E-state index contributed by atoms with van der Waals surface area (Å²) in [6.45, 7) is 0. The predicted octanol–water partition coefficient (Wildman–Crippen LogP) is 3.08. The molecule has 1 heterocycles. The highest BCUT2D eigenvalue weighted by Gasteiger charge is 2.09. The van der Waals surface area contributed by atoms with Gasteiger partial charge in [0.1, 0.15) is 0 Å². The van der Waals surface area contributed by atoms with E-state index in [1.165, 1.54) is 0 Å². The van der Waals surface area contributed by atoms with Crippen LogP contribution in [-0.2, 0) is 12.8 Å². The lowest BCUT2D eigenvalue weighted by molar-refractivity contribution is 0.175. The molecule has 0 amide bonds. The summed E-state index contributed by atoms with van der Waals surface area (Å²) in [7, 11) is 0. The van der Waals surface area contributed by atoms with Gasteiger partial charge in [0.2, 0.25) is 0 Å². The first-order valence-corrected chi connectivity index (χ1v) is 5.56. The molecule has 84 valence electrons. The van der Waals surface area contributed by atoms with Gasteiger partial charge in [-0.1, -0.05) is 29.8 Å².